The van der Waals surface area contributed by atoms with Crippen LogP contribution in [0.25, 0.3) is 0 Å². The van der Waals surface area contributed by atoms with E-state index in [0.29, 0.717) is 24.6 Å². The van der Waals surface area contributed by atoms with Gasteiger partial charge in [0.05, 0.1) is 6.54 Å². The number of ketones is 1. The average Bonchev–Trinajstić information content (AvgIpc) is 2.73. The lowest BCUT2D eigenvalue weighted by molar-refractivity contribution is -0.126. The number of carbonyl (C=O) groups is 1. The molecule has 0 bridgehead atoms. The van der Waals surface area contributed by atoms with E-state index < -0.39 is 0 Å². The zero-order valence-electron chi connectivity index (χ0n) is 8.81. The van der Waals surface area contributed by atoms with Crippen molar-refractivity contribution in [1.29, 1.82) is 0 Å². The van der Waals surface area contributed by atoms with Gasteiger partial charge in [0.2, 0.25) is 0 Å². The van der Waals surface area contributed by atoms with Gasteiger partial charge in [-0.05, 0) is 6.42 Å². The monoisotopic (exact) mass is 209 g/mol. The number of hydrogen-bond donors (Lipinski definition) is 1. The van der Waals surface area contributed by atoms with Crippen LogP contribution in [0.2, 0.25) is 0 Å². The van der Waals surface area contributed by atoms with Crippen molar-refractivity contribution in [3.8, 4) is 0 Å². The summed E-state index contributed by atoms with van der Waals surface area (Å²) in [5.41, 5.74) is 0. The molecule has 15 heavy (non-hydrogen) atoms. The first-order chi connectivity index (χ1) is 7.29. The number of piperidine rings is 1. The minimum absolute atomic E-state index is 0.186. The van der Waals surface area contributed by atoms with Crippen LogP contribution in [0.15, 0.2) is 0 Å². The highest BCUT2D eigenvalue weighted by molar-refractivity contribution is 5.82. The third-order valence-corrected chi connectivity index (χ3v) is 2.86. The summed E-state index contributed by atoms with van der Waals surface area (Å²) in [6, 6.07) is 0. The van der Waals surface area contributed by atoms with Crippen LogP contribution in [0.1, 0.15) is 25.6 Å². The van der Waals surface area contributed by atoms with E-state index in [-0.39, 0.29) is 5.92 Å². The molecule has 1 aliphatic rings. The maximum absolute atomic E-state index is 11.5. The minimum Gasteiger partial charge on any atom is -0.299 e. The van der Waals surface area contributed by atoms with Crippen LogP contribution in [0, 0.1) is 5.92 Å². The van der Waals surface area contributed by atoms with Crippen molar-refractivity contribution in [1.82, 2.24) is 25.5 Å². The molecule has 1 N–H and O–H groups in total. The first-order valence-electron chi connectivity index (χ1n) is 5.27. The van der Waals surface area contributed by atoms with E-state index in [1.807, 2.05) is 0 Å². The summed E-state index contributed by atoms with van der Waals surface area (Å²) in [7, 11) is 0. The van der Waals surface area contributed by atoms with E-state index in [2.05, 4.69) is 32.4 Å². The van der Waals surface area contributed by atoms with E-state index in [1.54, 1.807) is 0 Å². The maximum atomic E-state index is 11.5. The Morgan fingerprint density at radius 2 is 2.47 bits per heavy atom. The van der Waals surface area contributed by atoms with Crippen molar-refractivity contribution in [3.05, 3.63) is 5.82 Å². The van der Waals surface area contributed by atoms with E-state index in [9.17, 15) is 4.79 Å². The molecule has 0 aliphatic carbocycles. The second kappa shape index (κ2) is 4.48. The van der Waals surface area contributed by atoms with E-state index in [1.165, 1.54) is 0 Å². The molecule has 0 amide bonds. The number of aromatic amines is 1. The summed E-state index contributed by atoms with van der Waals surface area (Å²) in [4.78, 5) is 13.7. The molecule has 1 aromatic rings. The van der Waals surface area contributed by atoms with Gasteiger partial charge >= 0.3 is 0 Å². The number of likely N-dealkylation sites (tertiary alicyclic amines) is 1. The third-order valence-electron chi connectivity index (χ3n) is 2.86. The Morgan fingerprint density at radius 1 is 1.60 bits per heavy atom. The Labute approximate surface area is 88.0 Å². The molecule has 0 aromatic carbocycles. The predicted molar refractivity (Wildman–Crippen MR) is 52.9 cm³/mol. The van der Waals surface area contributed by atoms with Gasteiger partial charge in [-0.3, -0.25) is 9.69 Å². The zero-order chi connectivity index (χ0) is 10.7. The molecule has 0 radical (unpaired) electrons. The molecule has 1 unspecified atom stereocenters. The molecule has 6 heteroatoms. The normalized spacial score (nSPS) is 23.3. The quantitative estimate of drug-likeness (QED) is 0.758. The predicted octanol–water partition coefficient (Wildman–Crippen LogP) is 0.000700. The van der Waals surface area contributed by atoms with E-state index in [4.69, 9.17) is 0 Å². The van der Waals surface area contributed by atoms with Crippen LogP contribution in [-0.4, -0.2) is 44.4 Å². The van der Waals surface area contributed by atoms with Crippen molar-refractivity contribution >= 4 is 5.78 Å². The van der Waals surface area contributed by atoms with Crippen LogP contribution in [0.4, 0.5) is 0 Å². The number of Topliss-reactive ketones (excluding diaryl/α,β-unsaturated/α-hetero) is 1. The summed E-state index contributed by atoms with van der Waals surface area (Å²) < 4.78 is 0. The van der Waals surface area contributed by atoms with Gasteiger partial charge in [-0.1, -0.05) is 12.1 Å². The van der Waals surface area contributed by atoms with Crippen molar-refractivity contribution in [2.45, 2.75) is 26.3 Å². The van der Waals surface area contributed by atoms with E-state index in [0.717, 1.165) is 19.5 Å². The fourth-order valence-corrected chi connectivity index (χ4v) is 1.93. The summed E-state index contributed by atoms with van der Waals surface area (Å²) >= 11 is 0. The van der Waals surface area contributed by atoms with Gasteiger partial charge in [-0.25, -0.2) is 0 Å². The van der Waals surface area contributed by atoms with Crippen molar-refractivity contribution in [2.75, 3.05) is 13.1 Å². The van der Waals surface area contributed by atoms with Gasteiger partial charge in [0.15, 0.2) is 5.82 Å². The number of tetrazole rings is 1. The minimum atomic E-state index is 0.186. The second-order valence-corrected chi connectivity index (χ2v) is 3.88. The molecular weight excluding hydrogens is 194 g/mol. The van der Waals surface area contributed by atoms with Crippen molar-refractivity contribution in [3.63, 3.8) is 0 Å². The molecule has 1 aromatic heterocycles. The number of carbonyl (C=O) groups excluding carboxylic acids is 1. The van der Waals surface area contributed by atoms with Crippen LogP contribution in [0.5, 0.6) is 0 Å². The van der Waals surface area contributed by atoms with Gasteiger partial charge in [-0.15, -0.1) is 10.2 Å². The molecule has 1 atom stereocenters. The van der Waals surface area contributed by atoms with Crippen molar-refractivity contribution < 1.29 is 4.79 Å². The first-order valence-corrected chi connectivity index (χ1v) is 5.27. The van der Waals surface area contributed by atoms with Crippen LogP contribution < -0.4 is 0 Å². The lowest BCUT2D eigenvalue weighted by atomic mass is 9.94. The topological polar surface area (TPSA) is 74.8 Å². The number of nitrogens with one attached hydrogen (secondary N) is 1. The number of H-pyrrole nitrogens is 1. The average molecular weight is 209 g/mol. The summed E-state index contributed by atoms with van der Waals surface area (Å²) in [5, 5.41) is 13.8. The highest BCUT2D eigenvalue weighted by Gasteiger charge is 2.26. The smallest absolute Gasteiger partial charge is 0.188 e. The lowest BCUT2D eigenvalue weighted by Gasteiger charge is -2.30. The lowest BCUT2D eigenvalue weighted by Crippen LogP contribution is -2.40. The number of nitrogens with zero attached hydrogens (tertiary/aromatic N) is 4. The Kier molecular flexibility index (Phi) is 3.05. The third kappa shape index (κ3) is 2.38. The molecule has 1 aliphatic heterocycles. The van der Waals surface area contributed by atoms with E-state index >= 15 is 0 Å². The van der Waals surface area contributed by atoms with Gasteiger partial charge < -0.3 is 0 Å². The molecule has 82 valence electrons. The standard InChI is InChI=1S/C9H15N5O/c1-2-7-5-14(4-3-8(7)15)6-9-10-12-13-11-9/h7H,2-6H2,1H3,(H,10,11,12,13). The molecule has 0 saturated carbocycles. The van der Waals surface area contributed by atoms with Crippen LogP contribution >= 0.6 is 0 Å². The summed E-state index contributed by atoms with van der Waals surface area (Å²) in [6.45, 7) is 4.37. The Hall–Kier alpha value is -1.30. The highest BCUT2D eigenvalue weighted by Crippen LogP contribution is 2.16. The Morgan fingerprint density at radius 3 is 3.13 bits per heavy atom. The fraction of sp³-hybridized carbons (Fsp3) is 0.778. The van der Waals surface area contributed by atoms with Crippen LogP contribution in [-0.2, 0) is 11.3 Å². The molecule has 1 saturated heterocycles. The number of aromatic nitrogens is 4. The molecule has 2 heterocycles. The Balaban J connectivity index is 1.92. The first kappa shape index (κ1) is 10.2. The number of hydrogen-bond acceptors (Lipinski definition) is 5. The molecule has 1 fully saturated rings. The fourth-order valence-electron chi connectivity index (χ4n) is 1.93. The van der Waals surface area contributed by atoms with Gasteiger partial charge in [0, 0.05) is 25.4 Å². The van der Waals surface area contributed by atoms with Crippen molar-refractivity contribution in [2.24, 2.45) is 5.92 Å². The number of rotatable bonds is 3. The maximum Gasteiger partial charge on any atom is 0.188 e. The van der Waals surface area contributed by atoms with Gasteiger partial charge in [0.25, 0.3) is 0 Å². The Bertz CT molecular complexity index is 323. The summed E-state index contributed by atoms with van der Waals surface area (Å²) in [6.07, 6.45) is 1.57. The SMILES string of the molecule is CCC1CN(Cc2nn[nH]n2)CCC1=O. The second-order valence-electron chi connectivity index (χ2n) is 3.88. The molecule has 6 nitrogen and oxygen atoms in total. The zero-order valence-corrected chi connectivity index (χ0v) is 8.81. The highest BCUT2D eigenvalue weighted by atomic mass is 16.1. The largest absolute Gasteiger partial charge is 0.299 e. The van der Waals surface area contributed by atoms with Gasteiger partial charge in [-0.2, -0.15) is 5.21 Å². The van der Waals surface area contributed by atoms with Gasteiger partial charge in [0.1, 0.15) is 5.78 Å². The molecule has 0 spiro atoms. The molecular formula is C9H15N5O. The van der Waals surface area contributed by atoms with Crippen LogP contribution in [0.3, 0.4) is 0 Å². The summed E-state index contributed by atoms with van der Waals surface area (Å²) in [5.74, 6) is 1.27. The molecule has 2 rings (SSSR count).